The topological polar surface area (TPSA) is 124 Å². The number of ether oxygens (including phenoxy) is 2. The molecule has 1 saturated heterocycles. The number of aromatic nitrogens is 2. The van der Waals surface area contributed by atoms with E-state index in [1.165, 1.54) is 30.7 Å². The van der Waals surface area contributed by atoms with E-state index in [1.54, 1.807) is 31.2 Å². The van der Waals surface area contributed by atoms with Gasteiger partial charge in [0, 0.05) is 37.3 Å². The Morgan fingerprint density at radius 1 is 1.17 bits per heavy atom. The quantitative estimate of drug-likeness (QED) is 0.499. The van der Waals surface area contributed by atoms with Crippen LogP contribution in [0, 0.1) is 12.8 Å². The lowest BCUT2D eigenvalue weighted by atomic mass is 9.98. The van der Waals surface area contributed by atoms with Crippen LogP contribution in [0.5, 0.6) is 11.5 Å². The number of anilines is 1. The fourth-order valence-corrected chi connectivity index (χ4v) is 5.95. The van der Waals surface area contributed by atoms with Crippen molar-refractivity contribution in [2.45, 2.75) is 24.7 Å². The molecule has 2 aromatic carbocycles. The van der Waals surface area contributed by atoms with Crippen molar-refractivity contribution in [3.05, 3.63) is 47.3 Å². The van der Waals surface area contributed by atoms with Crippen LogP contribution in [0.15, 0.2) is 45.8 Å². The Balaban J connectivity index is 1.53. The minimum absolute atomic E-state index is 0.0311. The molecule has 3 aromatic rings. The first-order valence-corrected chi connectivity index (χ1v) is 12.7. The number of carbonyl (C=O) groups is 1. The Kier molecular flexibility index (Phi) is 7.29. The maximum atomic E-state index is 13.5. The highest BCUT2D eigenvalue weighted by molar-refractivity contribution is 7.89. The summed E-state index contributed by atoms with van der Waals surface area (Å²) in [5.41, 5.74) is 0.989. The van der Waals surface area contributed by atoms with Gasteiger partial charge in [-0.05, 0) is 43.2 Å². The number of methoxy groups -OCH3 is 2. The van der Waals surface area contributed by atoms with Gasteiger partial charge in [0.05, 0.1) is 25.2 Å². The molecule has 12 heteroatoms. The van der Waals surface area contributed by atoms with Crippen LogP contribution in [0.4, 0.5) is 5.69 Å². The predicted octanol–water partition coefficient (Wildman–Crippen LogP) is 3.76. The zero-order chi connectivity index (χ0) is 25.2. The van der Waals surface area contributed by atoms with Gasteiger partial charge in [0.1, 0.15) is 4.90 Å². The largest absolute Gasteiger partial charge is 0.493 e. The Labute approximate surface area is 208 Å². The van der Waals surface area contributed by atoms with E-state index in [0.717, 1.165) is 0 Å². The molecular formula is C23H25ClN4O6S. The van der Waals surface area contributed by atoms with Gasteiger partial charge in [0.2, 0.25) is 27.6 Å². The number of amides is 1. The molecule has 186 valence electrons. The van der Waals surface area contributed by atoms with Gasteiger partial charge in [-0.1, -0.05) is 16.8 Å². The van der Waals surface area contributed by atoms with E-state index in [0.29, 0.717) is 41.5 Å². The van der Waals surface area contributed by atoms with E-state index in [1.807, 2.05) is 0 Å². The van der Waals surface area contributed by atoms with Crippen LogP contribution in [0.2, 0.25) is 5.02 Å². The fourth-order valence-electron chi connectivity index (χ4n) is 3.93. The SMILES string of the molecule is COc1ccc(NC(=O)[C@H]2CCCN(S(=O)(=O)c3cc(-c4noc(C)n4)ccc3Cl)C2)cc1OC. The number of aryl methyl sites for hydroxylation is 1. The molecule has 0 radical (unpaired) electrons. The molecule has 0 unspecified atom stereocenters. The molecule has 0 bridgehead atoms. The maximum Gasteiger partial charge on any atom is 0.244 e. The molecule has 1 N–H and O–H groups in total. The van der Waals surface area contributed by atoms with Crippen molar-refractivity contribution >= 4 is 33.2 Å². The van der Waals surface area contributed by atoms with Crippen LogP contribution in [0.1, 0.15) is 18.7 Å². The molecule has 1 amide bonds. The first kappa shape index (κ1) is 25.0. The van der Waals surface area contributed by atoms with E-state index < -0.39 is 15.9 Å². The zero-order valence-corrected chi connectivity index (χ0v) is 21.0. The van der Waals surface area contributed by atoms with Crippen molar-refractivity contribution in [3.8, 4) is 22.9 Å². The zero-order valence-electron chi connectivity index (χ0n) is 19.4. The smallest absolute Gasteiger partial charge is 0.244 e. The summed E-state index contributed by atoms with van der Waals surface area (Å²) in [5, 5.41) is 6.76. The van der Waals surface area contributed by atoms with Crippen LogP contribution in [0.3, 0.4) is 0 Å². The summed E-state index contributed by atoms with van der Waals surface area (Å²) in [5.74, 6) is 0.827. The van der Waals surface area contributed by atoms with E-state index in [4.69, 9.17) is 25.6 Å². The second-order valence-electron chi connectivity index (χ2n) is 8.04. The molecule has 0 saturated carbocycles. The molecule has 0 spiro atoms. The number of nitrogens with one attached hydrogen (secondary N) is 1. The molecule has 1 fully saturated rings. The van der Waals surface area contributed by atoms with Crippen LogP contribution in [-0.4, -0.2) is 56.1 Å². The molecule has 1 aliphatic heterocycles. The third-order valence-corrected chi connectivity index (χ3v) is 8.09. The predicted molar refractivity (Wildman–Crippen MR) is 129 cm³/mol. The van der Waals surface area contributed by atoms with Crippen molar-refractivity contribution in [1.29, 1.82) is 0 Å². The van der Waals surface area contributed by atoms with E-state index >= 15 is 0 Å². The summed E-state index contributed by atoms with van der Waals surface area (Å²) >= 11 is 6.28. The normalized spacial score (nSPS) is 16.6. The maximum absolute atomic E-state index is 13.5. The van der Waals surface area contributed by atoms with Gasteiger partial charge in [-0.15, -0.1) is 0 Å². The van der Waals surface area contributed by atoms with Crippen molar-refractivity contribution < 1.29 is 27.2 Å². The van der Waals surface area contributed by atoms with Gasteiger partial charge in [0.15, 0.2) is 11.5 Å². The van der Waals surface area contributed by atoms with Crippen molar-refractivity contribution in [3.63, 3.8) is 0 Å². The molecule has 1 aliphatic rings. The standard InChI is InChI=1S/C23H25ClN4O6S/c1-14-25-22(27-34-14)15-6-8-18(24)21(11-15)35(30,31)28-10-4-5-16(13-28)23(29)26-17-7-9-19(32-2)20(12-17)33-3/h6-9,11-12,16H,4-5,10,13H2,1-3H3,(H,26,29)/t16-/m0/s1. The summed E-state index contributed by atoms with van der Waals surface area (Å²) in [7, 11) is -0.943. The molecule has 0 aliphatic carbocycles. The number of nitrogens with zero attached hydrogens (tertiary/aromatic N) is 3. The number of piperidine rings is 1. The number of benzene rings is 2. The minimum atomic E-state index is -3.98. The second-order valence-corrected chi connectivity index (χ2v) is 10.4. The monoisotopic (exact) mass is 520 g/mol. The number of hydrogen-bond acceptors (Lipinski definition) is 8. The van der Waals surface area contributed by atoms with Gasteiger partial charge < -0.3 is 19.3 Å². The van der Waals surface area contributed by atoms with Crippen molar-refractivity contribution in [2.75, 3.05) is 32.6 Å². The number of halogens is 1. The van der Waals surface area contributed by atoms with Crippen LogP contribution < -0.4 is 14.8 Å². The molecule has 1 aromatic heterocycles. The van der Waals surface area contributed by atoms with Crippen molar-refractivity contribution in [1.82, 2.24) is 14.4 Å². The average molecular weight is 521 g/mol. The summed E-state index contributed by atoms with van der Waals surface area (Å²) in [6.45, 7) is 1.96. The minimum Gasteiger partial charge on any atom is -0.493 e. The number of rotatable bonds is 7. The highest BCUT2D eigenvalue weighted by atomic mass is 35.5. The lowest BCUT2D eigenvalue weighted by Crippen LogP contribution is -2.43. The van der Waals surface area contributed by atoms with E-state index in [-0.39, 0.29) is 34.7 Å². The van der Waals surface area contributed by atoms with Gasteiger partial charge >= 0.3 is 0 Å². The van der Waals surface area contributed by atoms with Gasteiger partial charge in [0.25, 0.3) is 0 Å². The second kappa shape index (κ2) is 10.2. The number of sulfonamides is 1. The Hall–Kier alpha value is -3.15. The van der Waals surface area contributed by atoms with Crippen LogP contribution in [0.25, 0.3) is 11.4 Å². The Bertz CT molecular complexity index is 1340. The fraction of sp³-hybridized carbons (Fsp3) is 0.348. The highest BCUT2D eigenvalue weighted by Crippen LogP contribution is 2.33. The summed E-state index contributed by atoms with van der Waals surface area (Å²) in [6.07, 6.45) is 1.09. The van der Waals surface area contributed by atoms with E-state index in [9.17, 15) is 13.2 Å². The lowest BCUT2D eigenvalue weighted by Gasteiger charge is -2.31. The summed E-state index contributed by atoms with van der Waals surface area (Å²) in [6, 6.07) is 9.57. The van der Waals surface area contributed by atoms with Gasteiger partial charge in [-0.25, -0.2) is 8.42 Å². The molecule has 1 atom stereocenters. The number of hydrogen-bond donors (Lipinski definition) is 1. The summed E-state index contributed by atoms with van der Waals surface area (Å²) in [4.78, 5) is 17.1. The molecule has 10 nitrogen and oxygen atoms in total. The number of carbonyl (C=O) groups excluding carboxylic acids is 1. The van der Waals surface area contributed by atoms with Crippen LogP contribution in [-0.2, 0) is 14.8 Å². The Morgan fingerprint density at radius 2 is 1.94 bits per heavy atom. The Morgan fingerprint density at radius 3 is 2.63 bits per heavy atom. The average Bonchev–Trinajstić information content (AvgIpc) is 3.30. The van der Waals surface area contributed by atoms with Crippen molar-refractivity contribution in [2.24, 2.45) is 5.92 Å². The summed E-state index contributed by atoms with van der Waals surface area (Å²) < 4.78 is 43.8. The third kappa shape index (κ3) is 5.26. The highest BCUT2D eigenvalue weighted by Gasteiger charge is 2.35. The lowest BCUT2D eigenvalue weighted by molar-refractivity contribution is -0.120. The molecule has 35 heavy (non-hydrogen) atoms. The third-order valence-electron chi connectivity index (χ3n) is 5.74. The van der Waals surface area contributed by atoms with Gasteiger partial charge in [-0.2, -0.15) is 9.29 Å². The van der Waals surface area contributed by atoms with Gasteiger partial charge in [-0.3, -0.25) is 4.79 Å². The molecule has 4 rings (SSSR count). The molecular weight excluding hydrogens is 496 g/mol. The first-order chi connectivity index (χ1) is 16.7. The first-order valence-electron chi connectivity index (χ1n) is 10.9. The molecule has 2 heterocycles. The van der Waals surface area contributed by atoms with Crippen LogP contribution >= 0.6 is 11.6 Å². The van der Waals surface area contributed by atoms with E-state index in [2.05, 4.69) is 15.5 Å².